The van der Waals surface area contributed by atoms with Crippen molar-refractivity contribution in [2.75, 3.05) is 0 Å². The van der Waals surface area contributed by atoms with E-state index in [0.717, 1.165) is 31.2 Å². The molecule has 1 aliphatic rings. The van der Waals surface area contributed by atoms with Crippen LogP contribution in [0.3, 0.4) is 0 Å². The lowest BCUT2D eigenvalue weighted by atomic mass is 9.91. The maximum absolute atomic E-state index is 13.3. The van der Waals surface area contributed by atoms with Crippen molar-refractivity contribution in [3.8, 4) is 5.75 Å². The Morgan fingerprint density at radius 3 is 2.00 bits per heavy atom. The van der Waals surface area contributed by atoms with Gasteiger partial charge in [0.2, 0.25) is 0 Å². The fourth-order valence-corrected chi connectivity index (χ4v) is 4.44. The number of Topliss-reactive ketones (excluding diaryl/α,β-unsaturated/α-hetero) is 1. The highest BCUT2D eigenvalue weighted by Crippen LogP contribution is 2.34. The zero-order valence-corrected chi connectivity index (χ0v) is 23.6. The molecular formula is C34H40O4. The highest BCUT2D eigenvalue weighted by Gasteiger charge is 2.25. The molecule has 1 heterocycles. The largest absolute Gasteiger partial charge is 0.508 e. The summed E-state index contributed by atoms with van der Waals surface area (Å²) in [5.41, 5.74) is 7.24. The number of aromatic hydroxyl groups is 1. The minimum atomic E-state index is -0.219. The Morgan fingerprint density at radius 2 is 1.39 bits per heavy atom. The van der Waals surface area contributed by atoms with Crippen LogP contribution in [-0.2, 0) is 16.0 Å². The summed E-state index contributed by atoms with van der Waals surface area (Å²) in [4.78, 5) is 25.8. The van der Waals surface area contributed by atoms with Crippen molar-refractivity contribution < 1.29 is 19.1 Å². The first-order valence-corrected chi connectivity index (χ1v) is 13.4. The summed E-state index contributed by atoms with van der Waals surface area (Å²) in [5.74, 6) is 0.0792. The van der Waals surface area contributed by atoms with E-state index in [-0.39, 0.29) is 22.9 Å². The van der Waals surface area contributed by atoms with Crippen LogP contribution in [0.1, 0.15) is 85.0 Å². The smallest absolute Gasteiger partial charge is 0.193 e. The first-order valence-electron chi connectivity index (χ1n) is 13.4. The molecule has 1 aliphatic carbocycles. The molecule has 2 aromatic rings. The topological polar surface area (TPSA) is 67.5 Å². The van der Waals surface area contributed by atoms with E-state index in [1.54, 1.807) is 18.2 Å². The first-order chi connectivity index (χ1) is 18.0. The second-order valence-corrected chi connectivity index (χ2v) is 10.7. The molecule has 1 aromatic heterocycles. The van der Waals surface area contributed by atoms with Gasteiger partial charge in [0.25, 0.3) is 0 Å². The molecule has 0 amide bonds. The van der Waals surface area contributed by atoms with Gasteiger partial charge < -0.3 is 9.52 Å². The van der Waals surface area contributed by atoms with E-state index < -0.39 is 0 Å². The number of carbonyl (C=O) groups excluding carboxylic acids is 2. The van der Waals surface area contributed by atoms with Crippen molar-refractivity contribution in [1.29, 1.82) is 0 Å². The lowest BCUT2D eigenvalue weighted by Gasteiger charge is -2.11. The number of hydrogen-bond donors (Lipinski definition) is 1. The minimum Gasteiger partial charge on any atom is -0.508 e. The number of carbonyl (C=O) groups is 2. The van der Waals surface area contributed by atoms with Crippen molar-refractivity contribution in [2.24, 2.45) is 0 Å². The van der Waals surface area contributed by atoms with E-state index in [9.17, 15) is 14.7 Å². The molecule has 0 unspecified atom stereocenters. The standard InChI is InChI=1S/C34H40O4/c1-22(2)9-7-11-24(5)13-15-26-17-30(36)21-31(33(26)37)32-20-28-19-29(35)18-27(34(28)38-32)16-14-25(6)12-8-10-23(3)4/h9-10,13-14,17-21,35H,7-8,11-12,15-16H2,1-6H3. The van der Waals surface area contributed by atoms with Gasteiger partial charge in [-0.15, -0.1) is 0 Å². The van der Waals surface area contributed by atoms with Crippen LogP contribution in [0.5, 0.6) is 5.75 Å². The Kier molecular flexibility index (Phi) is 10.1. The van der Waals surface area contributed by atoms with Crippen molar-refractivity contribution in [2.45, 2.75) is 80.1 Å². The Hall–Kier alpha value is -3.66. The second kappa shape index (κ2) is 13.2. The molecule has 0 saturated carbocycles. The summed E-state index contributed by atoms with van der Waals surface area (Å²) < 4.78 is 6.17. The second-order valence-electron chi connectivity index (χ2n) is 10.7. The van der Waals surface area contributed by atoms with Gasteiger partial charge in [-0.3, -0.25) is 9.59 Å². The summed E-state index contributed by atoms with van der Waals surface area (Å²) in [7, 11) is 0. The molecule has 0 aliphatic heterocycles. The van der Waals surface area contributed by atoms with Gasteiger partial charge in [-0.1, -0.05) is 46.6 Å². The molecule has 38 heavy (non-hydrogen) atoms. The van der Waals surface area contributed by atoms with Crippen molar-refractivity contribution >= 4 is 28.1 Å². The van der Waals surface area contributed by atoms with E-state index in [1.807, 2.05) is 6.08 Å². The van der Waals surface area contributed by atoms with Crippen LogP contribution in [0.4, 0.5) is 0 Å². The molecule has 1 N–H and O–H groups in total. The first kappa shape index (κ1) is 28.9. The molecule has 200 valence electrons. The molecule has 0 atom stereocenters. The molecule has 0 bridgehead atoms. The minimum absolute atomic E-state index is 0.143. The predicted molar refractivity (Wildman–Crippen MR) is 157 cm³/mol. The normalized spacial score (nSPS) is 14.5. The molecular weight excluding hydrogens is 472 g/mol. The Labute approximate surface area is 226 Å². The maximum Gasteiger partial charge on any atom is 0.193 e. The third-order valence-corrected chi connectivity index (χ3v) is 6.61. The van der Waals surface area contributed by atoms with Crippen LogP contribution in [0.2, 0.25) is 0 Å². The fraction of sp³-hybridized carbons (Fsp3) is 0.353. The number of rotatable bonds is 11. The molecule has 3 rings (SSSR count). The third kappa shape index (κ3) is 8.17. The SMILES string of the molecule is CC(C)=CCCC(C)=CCC1=CC(=O)C=C(c2cc3cc(O)cc(CC=C(C)CCC=C(C)C)c3o2)C1=O. The average Bonchev–Trinajstić information content (AvgIpc) is 3.26. The summed E-state index contributed by atoms with van der Waals surface area (Å²) >= 11 is 0. The number of phenolic OH excluding ortho intramolecular Hbond substituents is 1. The van der Waals surface area contributed by atoms with Crippen molar-refractivity contribution in [3.63, 3.8) is 0 Å². The molecule has 0 saturated heterocycles. The van der Waals surface area contributed by atoms with Gasteiger partial charge in [-0.05, 0) is 104 Å². The van der Waals surface area contributed by atoms with Crippen molar-refractivity contribution in [3.05, 3.63) is 93.8 Å². The summed E-state index contributed by atoms with van der Waals surface area (Å²) in [6.07, 6.45) is 16.2. The quantitative estimate of drug-likeness (QED) is 0.241. The van der Waals surface area contributed by atoms with Gasteiger partial charge in [0.15, 0.2) is 11.6 Å². The molecule has 1 aromatic carbocycles. The lowest BCUT2D eigenvalue weighted by Crippen LogP contribution is -2.13. The van der Waals surface area contributed by atoms with Crippen LogP contribution in [0.25, 0.3) is 16.5 Å². The van der Waals surface area contributed by atoms with Gasteiger partial charge in [0.1, 0.15) is 17.1 Å². The number of hydrogen-bond acceptors (Lipinski definition) is 4. The van der Waals surface area contributed by atoms with Gasteiger partial charge in [0.05, 0.1) is 5.57 Å². The zero-order chi connectivity index (χ0) is 27.8. The number of fused-ring (bicyclic) bond motifs is 1. The fourth-order valence-electron chi connectivity index (χ4n) is 4.44. The zero-order valence-electron chi connectivity index (χ0n) is 23.6. The Balaban J connectivity index is 1.81. The summed E-state index contributed by atoms with van der Waals surface area (Å²) in [6, 6.07) is 5.07. The van der Waals surface area contributed by atoms with E-state index in [1.165, 1.54) is 34.4 Å². The molecule has 0 fully saturated rings. The van der Waals surface area contributed by atoms with Gasteiger partial charge in [-0.2, -0.15) is 0 Å². The monoisotopic (exact) mass is 512 g/mol. The Bertz CT molecular complexity index is 1390. The third-order valence-electron chi connectivity index (χ3n) is 6.61. The molecule has 0 radical (unpaired) electrons. The van der Waals surface area contributed by atoms with Gasteiger partial charge >= 0.3 is 0 Å². The molecule has 4 nitrogen and oxygen atoms in total. The predicted octanol–water partition coefficient (Wildman–Crippen LogP) is 8.92. The number of furan rings is 1. The average molecular weight is 513 g/mol. The van der Waals surface area contributed by atoms with Crippen LogP contribution in [0.15, 0.2) is 86.9 Å². The van der Waals surface area contributed by atoms with E-state index in [2.05, 4.69) is 59.8 Å². The number of benzene rings is 1. The Morgan fingerprint density at radius 1 is 0.789 bits per heavy atom. The maximum atomic E-state index is 13.3. The van der Waals surface area contributed by atoms with Gasteiger partial charge in [-0.25, -0.2) is 0 Å². The summed E-state index contributed by atoms with van der Waals surface area (Å²) in [6.45, 7) is 12.5. The van der Waals surface area contributed by atoms with Crippen molar-refractivity contribution in [1.82, 2.24) is 0 Å². The number of phenols is 1. The van der Waals surface area contributed by atoms with Crippen LogP contribution >= 0.6 is 0 Å². The van der Waals surface area contributed by atoms with Crippen LogP contribution in [0, 0.1) is 0 Å². The highest BCUT2D eigenvalue weighted by atomic mass is 16.3. The van der Waals surface area contributed by atoms with E-state index in [4.69, 9.17) is 4.42 Å². The van der Waals surface area contributed by atoms with E-state index in [0.29, 0.717) is 35.1 Å². The van der Waals surface area contributed by atoms with Crippen LogP contribution < -0.4 is 0 Å². The number of allylic oxidation sites excluding steroid dienone is 12. The molecule has 0 spiro atoms. The lowest BCUT2D eigenvalue weighted by molar-refractivity contribution is -0.114. The van der Waals surface area contributed by atoms with Gasteiger partial charge in [0, 0.05) is 22.6 Å². The number of ketones is 2. The summed E-state index contributed by atoms with van der Waals surface area (Å²) in [5, 5.41) is 11.0. The van der Waals surface area contributed by atoms with Crippen LogP contribution in [-0.4, -0.2) is 16.7 Å². The highest BCUT2D eigenvalue weighted by molar-refractivity contribution is 6.36. The molecule has 4 heteroatoms. The van der Waals surface area contributed by atoms with E-state index >= 15 is 0 Å².